The second-order valence-corrected chi connectivity index (χ2v) is 10.4. The minimum absolute atomic E-state index is 0.162. The largest absolute Gasteiger partial charge is 0.449 e. The molecule has 0 bridgehead atoms. The number of hydrogen-bond acceptors (Lipinski definition) is 3. The Labute approximate surface area is 207 Å². The van der Waals surface area contributed by atoms with Crippen molar-refractivity contribution in [1.82, 2.24) is 4.90 Å². The number of nitrogens with two attached hydrogens (primary N) is 1. The first-order chi connectivity index (χ1) is 16.5. The second-order valence-electron chi connectivity index (χ2n) is 10.0. The fourth-order valence-electron chi connectivity index (χ4n) is 5.50. The molecule has 0 spiro atoms. The van der Waals surface area contributed by atoms with Crippen molar-refractivity contribution in [3.8, 4) is 0 Å². The van der Waals surface area contributed by atoms with E-state index in [2.05, 4.69) is 0 Å². The number of aryl methyl sites for hydroxylation is 1. The molecule has 1 aliphatic carbocycles. The van der Waals surface area contributed by atoms with Crippen molar-refractivity contribution >= 4 is 23.4 Å². The number of carbonyl (C=O) groups excluding carboxylic acids is 1. The summed E-state index contributed by atoms with van der Waals surface area (Å²) in [6.45, 7) is 1.91. The zero-order valence-corrected chi connectivity index (χ0v) is 20.6. The average Bonchev–Trinajstić information content (AvgIpc) is 3.34. The lowest BCUT2D eigenvalue weighted by atomic mass is 9.82. The highest BCUT2D eigenvalue weighted by Gasteiger charge is 2.33. The van der Waals surface area contributed by atoms with Crippen LogP contribution in [0.2, 0.25) is 5.02 Å². The number of hydrogen-bond donors (Lipinski definition) is 1. The number of nitrogen functional groups attached to an aromatic ring is 1. The minimum Gasteiger partial charge on any atom is -0.449 e. The van der Waals surface area contributed by atoms with Gasteiger partial charge in [0, 0.05) is 13.1 Å². The lowest BCUT2D eigenvalue weighted by Gasteiger charge is -2.25. The molecule has 2 fully saturated rings. The minimum atomic E-state index is -0.192. The highest BCUT2D eigenvalue weighted by molar-refractivity contribution is 6.33. The van der Waals surface area contributed by atoms with Gasteiger partial charge in [-0.25, -0.2) is 9.18 Å². The van der Waals surface area contributed by atoms with E-state index in [-0.39, 0.29) is 17.8 Å². The van der Waals surface area contributed by atoms with Crippen molar-refractivity contribution in [2.75, 3.05) is 25.4 Å². The third-order valence-corrected chi connectivity index (χ3v) is 7.95. The van der Waals surface area contributed by atoms with Gasteiger partial charge in [-0.1, -0.05) is 55.1 Å². The summed E-state index contributed by atoms with van der Waals surface area (Å²) in [4.78, 5) is 14.6. The Morgan fingerprint density at radius 3 is 2.71 bits per heavy atom. The van der Waals surface area contributed by atoms with Gasteiger partial charge in [0.1, 0.15) is 5.82 Å². The Hall–Kier alpha value is -2.27. The Balaban J connectivity index is 1.38. The summed E-state index contributed by atoms with van der Waals surface area (Å²) in [5, 5.41) is 0.566. The predicted molar refractivity (Wildman–Crippen MR) is 135 cm³/mol. The van der Waals surface area contributed by atoms with Gasteiger partial charge >= 0.3 is 6.09 Å². The molecule has 2 N–H and O–H groups in total. The summed E-state index contributed by atoms with van der Waals surface area (Å²) < 4.78 is 20.1. The number of benzene rings is 2. The number of amides is 1. The molecular formula is C28H36ClFN2O2. The molecular weight excluding hydrogens is 451 g/mol. The number of nitrogens with zero attached hydrogens (tertiary/aromatic N) is 1. The molecule has 1 heterocycles. The molecule has 2 aliphatic rings. The van der Waals surface area contributed by atoms with Gasteiger partial charge in [-0.15, -0.1) is 0 Å². The summed E-state index contributed by atoms with van der Waals surface area (Å²) in [5.74, 6) is 0.914. The number of halogens is 2. The number of likely N-dealkylation sites (tertiary alicyclic amines) is 1. The van der Waals surface area contributed by atoms with Crippen LogP contribution < -0.4 is 5.73 Å². The molecule has 0 radical (unpaired) electrons. The molecule has 6 heteroatoms. The molecule has 4 rings (SSSR count). The molecule has 1 aliphatic heterocycles. The van der Waals surface area contributed by atoms with Crippen LogP contribution in [-0.4, -0.2) is 30.7 Å². The molecule has 2 aromatic carbocycles. The Kier molecular flexibility index (Phi) is 8.71. The van der Waals surface area contributed by atoms with E-state index in [0.717, 1.165) is 43.2 Å². The first-order valence-corrected chi connectivity index (χ1v) is 13.1. The van der Waals surface area contributed by atoms with E-state index in [1.807, 2.05) is 35.2 Å². The van der Waals surface area contributed by atoms with Gasteiger partial charge in [0.2, 0.25) is 0 Å². The molecule has 184 valence electrons. The highest BCUT2D eigenvalue weighted by atomic mass is 35.5. The first kappa shape index (κ1) is 24.8. The summed E-state index contributed by atoms with van der Waals surface area (Å²) in [5.41, 5.74) is 8.29. The zero-order chi connectivity index (χ0) is 23.9. The summed E-state index contributed by atoms with van der Waals surface area (Å²) in [6.07, 6.45) is 9.21. The third kappa shape index (κ3) is 6.65. The van der Waals surface area contributed by atoms with Crippen LogP contribution in [0.4, 0.5) is 14.9 Å². The summed E-state index contributed by atoms with van der Waals surface area (Å²) in [6, 6.07) is 12.8. The lowest BCUT2D eigenvalue weighted by Crippen LogP contribution is -2.32. The number of anilines is 1. The van der Waals surface area contributed by atoms with Crippen molar-refractivity contribution < 1.29 is 13.9 Å². The monoisotopic (exact) mass is 486 g/mol. The standard InChI is InChI=1S/C28H36ClFN2O2/c29-25-16-20(11-13-27(25)31)10-12-22(17-23-8-4-5-9-26(23)30)24-14-15-32(18-24)28(33)34-19-21-6-2-1-3-7-21/h4-5,8-9,11,13,16,21-22,24H,1-3,6-7,10,12,14-15,17-19,31H2. The molecule has 0 aromatic heterocycles. The molecule has 2 unspecified atom stereocenters. The van der Waals surface area contributed by atoms with Crippen molar-refractivity contribution in [2.45, 2.75) is 57.8 Å². The van der Waals surface area contributed by atoms with E-state index >= 15 is 0 Å². The average molecular weight is 487 g/mol. The zero-order valence-electron chi connectivity index (χ0n) is 19.9. The van der Waals surface area contributed by atoms with Crippen LogP contribution in [0, 0.1) is 23.6 Å². The molecule has 1 saturated carbocycles. The number of ether oxygens (including phenoxy) is 1. The normalized spacial score (nSPS) is 19.8. The number of carbonyl (C=O) groups is 1. The lowest BCUT2D eigenvalue weighted by molar-refractivity contribution is 0.0848. The van der Waals surface area contributed by atoms with E-state index in [4.69, 9.17) is 22.1 Å². The van der Waals surface area contributed by atoms with Crippen LogP contribution in [0.25, 0.3) is 0 Å². The van der Waals surface area contributed by atoms with E-state index in [1.165, 1.54) is 25.3 Å². The van der Waals surface area contributed by atoms with E-state index < -0.39 is 0 Å². The molecule has 1 saturated heterocycles. The SMILES string of the molecule is Nc1ccc(CCC(Cc2ccccc2F)C2CCN(C(=O)OCC3CCCCC3)C2)cc1Cl. The molecule has 34 heavy (non-hydrogen) atoms. The fourth-order valence-corrected chi connectivity index (χ4v) is 5.70. The van der Waals surface area contributed by atoms with E-state index in [0.29, 0.717) is 48.7 Å². The van der Waals surface area contributed by atoms with Crippen LogP contribution in [0.5, 0.6) is 0 Å². The second kappa shape index (κ2) is 11.9. The van der Waals surface area contributed by atoms with E-state index in [9.17, 15) is 9.18 Å². The first-order valence-electron chi connectivity index (χ1n) is 12.7. The predicted octanol–water partition coefficient (Wildman–Crippen LogP) is 6.89. The van der Waals surface area contributed by atoms with Crippen molar-refractivity contribution in [2.24, 2.45) is 17.8 Å². The quantitative estimate of drug-likeness (QED) is 0.413. The maximum atomic E-state index is 14.5. The summed E-state index contributed by atoms with van der Waals surface area (Å²) in [7, 11) is 0. The van der Waals surface area contributed by atoms with Gasteiger partial charge in [0.25, 0.3) is 0 Å². The Morgan fingerprint density at radius 2 is 1.94 bits per heavy atom. The van der Waals surface area contributed by atoms with Gasteiger partial charge in [-0.05, 0) is 85.6 Å². The van der Waals surface area contributed by atoms with Gasteiger partial charge in [0.15, 0.2) is 0 Å². The Bertz CT molecular complexity index is 963. The molecule has 2 atom stereocenters. The van der Waals surface area contributed by atoms with Gasteiger partial charge < -0.3 is 15.4 Å². The highest BCUT2D eigenvalue weighted by Crippen LogP contribution is 2.32. The fraction of sp³-hybridized carbons (Fsp3) is 0.536. The maximum absolute atomic E-state index is 14.5. The topological polar surface area (TPSA) is 55.6 Å². The molecule has 2 aromatic rings. The van der Waals surface area contributed by atoms with E-state index in [1.54, 1.807) is 6.07 Å². The van der Waals surface area contributed by atoms with Crippen LogP contribution in [0.15, 0.2) is 42.5 Å². The third-order valence-electron chi connectivity index (χ3n) is 7.63. The van der Waals surface area contributed by atoms with Crippen molar-refractivity contribution in [3.63, 3.8) is 0 Å². The van der Waals surface area contributed by atoms with Crippen LogP contribution in [-0.2, 0) is 17.6 Å². The number of rotatable bonds is 8. The van der Waals surface area contributed by atoms with Crippen LogP contribution >= 0.6 is 11.6 Å². The maximum Gasteiger partial charge on any atom is 0.409 e. The molecule has 1 amide bonds. The van der Waals surface area contributed by atoms with Gasteiger partial charge in [-0.3, -0.25) is 0 Å². The van der Waals surface area contributed by atoms with Gasteiger partial charge in [0.05, 0.1) is 17.3 Å². The van der Waals surface area contributed by atoms with Gasteiger partial charge in [-0.2, -0.15) is 0 Å². The van der Waals surface area contributed by atoms with Crippen LogP contribution in [0.1, 0.15) is 56.1 Å². The Morgan fingerprint density at radius 1 is 1.15 bits per heavy atom. The van der Waals surface area contributed by atoms with Crippen molar-refractivity contribution in [1.29, 1.82) is 0 Å². The molecule has 4 nitrogen and oxygen atoms in total. The van der Waals surface area contributed by atoms with Crippen molar-refractivity contribution in [3.05, 3.63) is 64.4 Å². The van der Waals surface area contributed by atoms with Crippen LogP contribution in [0.3, 0.4) is 0 Å². The smallest absolute Gasteiger partial charge is 0.409 e. The summed E-state index contributed by atoms with van der Waals surface area (Å²) >= 11 is 6.21.